The van der Waals surface area contributed by atoms with Gasteiger partial charge in [-0.15, -0.1) is 0 Å². The molecule has 2 heterocycles. The number of pyridine rings is 1. The highest BCUT2D eigenvalue weighted by molar-refractivity contribution is 6.33. The molecule has 0 saturated carbocycles. The van der Waals surface area contributed by atoms with Crippen LogP contribution in [0, 0.1) is 11.3 Å². The van der Waals surface area contributed by atoms with Gasteiger partial charge in [-0.25, -0.2) is 9.97 Å². The van der Waals surface area contributed by atoms with E-state index in [4.69, 9.17) is 16.9 Å². The van der Waals surface area contributed by atoms with Crippen molar-refractivity contribution in [3.63, 3.8) is 0 Å². The Hall–Kier alpha value is -2.06. The molecule has 0 unspecified atom stereocenters. The Kier molecular flexibility index (Phi) is 3.80. The molecule has 6 heteroatoms. The lowest BCUT2D eigenvalue weighted by molar-refractivity contribution is 0.815. The smallest absolute Gasteiger partial charge is 0.144 e. The molecule has 0 amide bonds. The first kappa shape index (κ1) is 12.4. The Labute approximate surface area is 110 Å². The molecule has 1 N–H and O–H groups in total. The molecular formula is C12H12ClN5. The zero-order valence-electron chi connectivity index (χ0n) is 9.89. The Morgan fingerprint density at radius 2 is 2.33 bits per heavy atom. The number of hydrogen-bond donors (Lipinski definition) is 1. The molecule has 92 valence electrons. The van der Waals surface area contributed by atoms with Crippen molar-refractivity contribution in [1.29, 1.82) is 5.26 Å². The van der Waals surface area contributed by atoms with Gasteiger partial charge in [-0.05, 0) is 6.07 Å². The van der Waals surface area contributed by atoms with Gasteiger partial charge in [0.1, 0.15) is 11.9 Å². The van der Waals surface area contributed by atoms with Crippen LogP contribution in [0.4, 0.5) is 5.82 Å². The molecule has 2 aromatic rings. The van der Waals surface area contributed by atoms with Crippen molar-refractivity contribution in [2.24, 2.45) is 7.05 Å². The van der Waals surface area contributed by atoms with Gasteiger partial charge in [0.05, 0.1) is 16.9 Å². The van der Waals surface area contributed by atoms with E-state index in [1.54, 1.807) is 12.4 Å². The van der Waals surface area contributed by atoms with Crippen LogP contribution in [-0.4, -0.2) is 21.1 Å². The third-order valence-corrected chi connectivity index (χ3v) is 2.85. The molecule has 0 aliphatic rings. The summed E-state index contributed by atoms with van der Waals surface area (Å²) >= 11 is 6.01. The number of nitrogens with zero attached hydrogens (tertiary/aromatic N) is 4. The van der Waals surface area contributed by atoms with E-state index in [1.807, 2.05) is 23.9 Å². The van der Waals surface area contributed by atoms with Gasteiger partial charge in [0, 0.05) is 38.1 Å². The average Bonchev–Trinajstić information content (AvgIpc) is 2.77. The lowest BCUT2D eigenvalue weighted by atomic mass is 10.3. The SMILES string of the molecule is Cn1cncc1CCNc1ncc(C#N)cc1Cl. The van der Waals surface area contributed by atoms with E-state index in [0.717, 1.165) is 12.1 Å². The summed E-state index contributed by atoms with van der Waals surface area (Å²) in [6, 6.07) is 3.59. The van der Waals surface area contributed by atoms with Crippen LogP contribution >= 0.6 is 11.6 Å². The van der Waals surface area contributed by atoms with Gasteiger partial charge >= 0.3 is 0 Å². The summed E-state index contributed by atoms with van der Waals surface area (Å²) in [6.45, 7) is 0.707. The Bertz CT molecular complexity index is 584. The largest absolute Gasteiger partial charge is 0.368 e. The monoisotopic (exact) mass is 261 g/mol. The fraction of sp³-hybridized carbons (Fsp3) is 0.250. The van der Waals surface area contributed by atoms with Crippen LogP contribution in [0.2, 0.25) is 5.02 Å². The lowest BCUT2D eigenvalue weighted by Gasteiger charge is -2.07. The second kappa shape index (κ2) is 5.52. The summed E-state index contributed by atoms with van der Waals surface area (Å²) in [5.74, 6) is 0.595. The summed E-state index contributed by atoms with van der Waals surface area (Å²) in [4.78, 5) is 8.15. The van der Waals surface area contributed by atoms with Crippen molar-refractivity contribution in [1.82, 2.24) is 14.5 Å². The van der Waals surface area contributed by atoms with Crippen LogP contribution in [0.1, 0.15) is 11.3 Å². The minimum Gasteiger partial charge on any atom is -0.368 e. The zero-order chi connectivity index (χ0) is 13.0. The van der Waals surface area contributed by atoms with E-state index in [9.17, 15) is 0 Å². The van der Waals surface area contributed by atoms with Gasteiger partial charge in [0.15, 0.2) is 0 Å². The quantitative estimate of drug-likeness (QED) is 0.914. The average molecular weight is 262 g/mol. The van der Waals surface area contributed by atoms with Crippen molar-refractivity contribution >= 4 is 17.4 Å². The fourth-order valence-electron chi connectivity index (χ4n) is 1.56. The molecule has 0 aliphatic carbocycles. The summed E-state index contributed by atoms with van der Waals surface area (Å²) < 4.78 is 1.97. The highest BCUT2D eigenvalue weighted by Gasteiger charge is 2.04. The molecular weight excluding hydrogens is 250 g/mol. The lowest BCUT2D eigenvalue weighted by Crippen LogP contribution is -2.09. The van der Waals surface area contributed by atoms with Crippen LogP contribution in [-0.2, 0) is 13.5 Å². The number of hydrogen-bond acceptors (Lipinski definition) is 4. The van der Waals surface area contributed by atoms with Gasteiger partial charge in [-0.2, -0.15) is 5.26 Å². The van der Waals surface area contributed by atoms with Gasteiger partial charge < -0.3 is 9.88 Å². The predicted octanol–water partition coefficient (Wildman–Crippen LogP) is 1.99. The standard InChI is InChI=1S/C12H12ClN5/c1-18-8-15-7-10(18)2-3-16-12-11(13)4-9(5-14)6-17-12/h4,6-8H,2-3H2,1H3,(H,16,17). The molecule has 0 aliphatic heterocycles. The number of rotatable bonds is 4. The first-order valence-electron chi connectivity index (χ1n) is 5.45. The predicted molar refractivity (Wildman–Crippen MR) is 69.4 cm³/mol. The van der Waals surface area contributed by atoms with Crippen molar-refractivity contribution in [2.45, 2.75) is 6.42 Å². The van der Waals surface area contributed by atoms with Gasteiger partial charge in [-0.3, -0.25) is 0 Å². The maximum Gasteiger partial charge on any atom is 0.144 e. The number of nitriles is 1. The van der Waals surface area contributed by atoms with E-state index in [0.29, 0.717) is 22.9 Å². The highest BCUT2D eigenvalue weighted by atomic mass is 35.5. The minimum atomic E-state index is 0.456. The number of nitrogens with one attached hydrogen (secondary N) is 1. The second-order valence-electron chi connectivity index (χ2n) is 3.84. The van der Waals surface area contributed by atoms with E-state index >= 15 is 0 Å². The molecule has 0 saturated heterocycles. The zero-order valence-corrected chi connectivity index (χ0v) is 10.6. The molecule has 2 rings (SSSR count). The third kappa shape index (κ3) is 2.79. The van der Waals surface area contributed by atoms with E-state index < -0.39 is 0 Å². The first-order chi connectivity index (χ1) is 8.70. The van der Waals surface area contributed by atoms with Crippen LogP contribution in [0.3, 0.4) is 0 Å². The second-order valence-corrected chi connectivity index (χ2v) is 4.25. The number of aromatic nitrogens is 3. The molecule has 0 aromatic carbocycles. The Morgan fingerprint density at radius 1 is 1.50 bits per heavy atom. The van der Waals surface area contributed by atoms with Crippen molar-refractivity contribution in [3.05, 3.63) is 41.1 Å². The van der Waals surface area contributed by atoms with Crippen LogP contribution in [0.15, 0.2) is 24.8 Å². The molecule has 0 spiro atoms. The Balaban J connectivity index is 1.95. The normalized spacial score (nSPS) is 10.1. The number of anilines is 1. The number of aryl methyl sites for hydroxylation is 1. The van der Waals surface area contributed by atoms with Crippen LogP contribution < -0.4 is 5.32 Å². The summed E-state index contributed by atoms with van der Waals surface area (Å²) in [7, 11) is 1.95. The van der Waals surface area contributed by atoms with Crippen molar-refractivity contribution in [2.75, 3.05) is 11.9 Å². The van der Waals surface area contributed by atoms with Crippen molar-refractivity contribution < 1.29 is 0 Å². The van der Waals surface area contributed by atoms with E-state index in [1.165, 1.54) is 6.20 Å². The topological polar surface area (TPSA) is 66.5 Å². The summed E-state index contributed by atoms with van der Waals surface area (Å²) in [5.41, 5.74) is 1.59. The molecule has 0 bridgehead atoms. The summed E-state index contributed by atoms with van der Waals surface area (Å²) in [5, 5.41) is 12.3. The minimum absolute atomic E-state index is 0.456. The van der Waals surface area contributed by atoms with Gasteiger partial charge in [0.2, 0.25) is 0 Å². The maximum atomic E-state index is 8.71. The molecule has 0 radical (unpaired) electrons. The van der Waals surface area contributed by atoms with Crippen LogP contribution in [0.25, 0.3) is 0 Å². The highest BCUT2D eigenvalue weighted by Crippen LogP contribution is 2.19. The Morgan fingerprint density at radius 3 is 2.94 bits per heavy atom. The number of imidazole rings is 1. The fourth-order valence-corrected chi connectivity index (χ4v) is 1.80. The van der Waals surface area contributed by atoms with Gasteiger partial charge in [0.25, 0.3) is 0 Å². The van der Waals surface area contributed by atoms with Crippen LogP contribution in [0.5, 0.6) is 0 Å². The molecule has 0 fully saturated rings. The van der Waals surface area contributed by atoms with E-state index in [2.05, 4.69) is 15.3 Å². The maximum absolute atomic E-state index is 8.71. The summed E-state index contributed by atoms with van der Waals surface area (Å²) in [6.07, 6.45) is 5.92. The molecule has 5 nitrogen and oxygen atoms in total. The third-order valence-electron chi connectivity index (χ3n) is 2.56. The van der Waals surface area contributed by atoms with Crippen molar-refractivity contribution in [3.8, 4) is 6.07 Å². The molecule has 18 heavy (non-hydrogen) atoms. The molecule has 0 atom stereocenters. The number of halogens is 1. The molecule has 2 aromatic heterocycles. The van der Waals surface area contributed by atoms with Gasteiger partial charge in [-0.1, -0.05) is 11.6 Å². The van der Waals surface area contributed by atoms with E-state index in [-0.39, 0.29) is 0 Å². The first-order valence-corrected chi connectivity index (χ1v) is 5.83.